The number of halogens is 1. The van der Waals surface area contributed by atoms with Crippen LogP contribution in [-0.2, 0) is 6.54 Å². The quantitative estimate of drug-likeness (QED) is 0.451. The zero-order chi connectivity index (χ0) is 20.4. The molecule has 0 bridgehead atoms. The number of fused-ring (bicyclic) bond motifs is 1. The van der Waals surface area contributed by atoms with Crippen LogP contribution in [0, 0.1) is 13.8 Å². The molecule has 148 valence electrons. The number of nitrogens with one attached hydrogen (secondary N) is 1. The second-order valence-electron chi connectivity index (χ2n) is 6.92. The number of amides is 1. The molecule has 0 saturated heterocycles. The zero-order valence-corrected chi connectivity index (χ0v) is 17.8. The Hall–Kier alpha value is -3.00. The summed E-state index contributed by atoms with van der Waals surface area (Å²) in [5.74, 6) is -0.175. The van der Waals surface area contributed by atoms with Crippen molar-refractivity contribution >= 4 is 27.5 Å². The van der Waals surface area contributed by atoms with E-state index in [4.69, 9.17) is 0 Å². The number of aromatic nitrogens is 5. The molecule has 0 atom stereocenters. The first kappa shape index (κ1) is 19.3. The summed E-state index contributed by atoms with van der Waals surface area (Å²) < 4.78 is 4.57. The number of rotatable bonds is 6. The largest absolute Gasteiger partial charge is 0.352 e. The molecule has 1 N–H and O–H groups in total. The zero-order valence-electron chi connectivity index (χ0n) is 16.3. The summed E-state index contributed by atoms with van der Waals surface area (Å²) >= 11 is 3.45. The number of benzene rings is 1. The van der Waals surface area contributed by atoms with Crippen LogP contribution in [0.1, 0.15) is 28.0 Å². The lowest BCUT2D eigenvalue weighted by atomic mass is 10.1. The molecule has 8 heteroatoms. The van der Waals surface area contributed by atoms with Gasteiger partial charge in [-0.25, -0.2) is 9.50 Å². The minimum atomic E-state index is -0.175. The van der Waals surface area contributed by atoms with Crippen LogP contribution >= 0.6 is 15.9 Å². The van der Waals surface area contributed by atoms with Crippen molar-refractivity contribution in [2.24, 2.45) is 0 Å². The number of hydrogen-bond acceptors (Lipinski definition) is 4. The van der Waals surface area contributed by atoms with E-state index in [2.05, 4.69) is 55.5 Å². The first-order chi connectivity index (χ1) is 14.0. The summed E-state index contributed by atoms with van der Waals surface area (Å²) in [4.78, 5) is 17.0. The Labute approximate surface area is 176 Å². The first-order valence-corrected chi connectivity index (χ1v) is 10.2. The molecule has 0 spiro atoms. The number of hydrogen-bond donors (Lipinski definition) is 1. The third kappa shape index (κ3) is 4.07. The molecule has 1 aromatic carbocycles. The Morgan fingerprint density at radius 2 is 1.97 bits per heavy atom. The molecule has 0 fully saturated rings. The van der Waals surface area contributed by atoms with Crippen LogP contribution in [0.4, 0.5) is 0 Å². The fourth-order valence-electron chi connectivity index (χ4n) is 3.14. The average Bonchev–Trinajstić information content (AvgIpc) is 3.29. The number of aryl methyl sites for hydroxylation is 3. The summed E-state index contributed by atoms with van der Waals surface area (Å²) in [5, 5.41) is 11.7. The lowest BCUT2D eigenvalue weighted by molar-refractivity contribution is 0.0954. The average molecular weight is 453 g/mol. The molecule has 0 aliphatic carbocycles. The second kappa shape index (κ2) is 8.16. The van der Waals surface area contributed by atoms with E-state index in [1.54, 1.807) is 16.9 Å². The molecule has 7 nitrogen and oxygen atoms in total. The molecule has 0 saturated carbocycles. The maximum absolute atomic E-state index is 12.6. The molecule has 29 heavy (non-hydrogen) atoms. The lowest BCUT2D eigenvalue weighted by Crippen LogP contribution is -2.25. The molecule has 1 amide bonds. The van der Waals surface area contributed by atoms with Crippen molar-refractivity contribution in [2.75, 3.05) is 6.54 Å². The molecule has 3 heterocycles. The van der Waals surface area contributed by atoms with Gasteiger partial charge in [0.2, 0.25) is 0 Å². The van der Waals surface area contributed by atoms with Gasteiger partial charge in [0.05, 0.1) is 22.1 Å². The molecule has 4 aromatic rings. The highest BCUT2D eigenvalue weighted by Gasteiger charge is 2.16. The fourth-order valence-corrected chi connectivity index (χ4v) is 3.46. The molecular weight excluding hydrogens is 432 g/mol. The van der Waals surface area contributed by atoms with E-state index in [-0.39, 0.29) is 5.91 Å². The van der Waals surface area contributed by atoms with Crippen LogP contribution in [0.5, 0.6) is 0 Å². The van der Waals surface area contributed by atoms with Gasteiger partial charge >= 0.3 is 0 Å². The summed E-state index contributed by atoms with van der Waals surface area (Å²) in [6, 6.07) is 10.1. The van der Waals surface area contributed by atoms with Gasteiger partial charge in [0.15, 0.2) is 5.65 Å². The van der Waals surface area contributed by atoms with Crippen molar-refractivity contribution < 1.29 is 4.79 Å². The van der Waals surface area contributed by atoms with Crippen molar-refractivity contribution in [1.82, 2.24) is 29.7 Å². The second-order valence-corrected chi connectivity index (χ2v) is 7.78. The molecule has 3 aromatic heterocycles. The normalized spacial score (nSPS) is 11.1. The standard InChI is InChI=1S/C21H21BrN6O/c1-14-4-6-16(7-5-14)19-8-10-23-20-17(12-25-28(19)20)21(29)24-9-3-11-27-13-18(22)15(2)26-27/h4-8,10,12-13H,3,9,11H2,1-2H3,(H,24,29). The maximum atomic E-state index is 12.6. The maximum Gasteiger partial charge on any atom is 0.256 e. The Morgan fingerprint density at radius 3 is 2.69 bits per heavy atom. The summed E-state index contributed by atoms with van der Waals surface area (Å²) in [6.07, 6.45) is 6.00. The summed E-state index contributed by atoms with van der Waals surface area (Å²) in [5.41, 5.74) is 5.09. The van der Waals surface area contributed by atoms with Crippen LogP contribution < -0.4 is 5.32 Å². The van der Waals surface area contributed by atoms with Crippen molar-refractivity contribution in [3.63, 3.8) is 0 Å². The van der Waals surface area contributed by atoms with Gasteiger partial charge in [0.25, 0.3) is 5.91 Å². The minimum absolute atomic E-state index is 0.175. The number of nitrogens with zero attached hydrogens (tertiary/aromatic N) is 5. The van der Waals surface area contributed by atoms with E-state index in [9.17, 15) is 4.79 Å². The molecule has 0 radical (unpaired) electrons. The third-order valence-corrected chi connectivity index (χ3v) is 5.51. The number of carbonyl (C=O) groups is 1. The Balaban J connectivity index is 1.45. The van der Waals surface area contributed by atoms with Gasteiger partial charge < -0.3 is 5.32 Å². The van der Waals surface area contributed by atoms with E-state index >= 15 is 0 Å². The van der Waals surface area contributed by atoms with Gasteiger partial charge in [-0.05, 0) is 42.3 Å². The first-order valence-electron chi connectivity index (χ1n) is 9.40. The van der Waals surface area contributed by atoms with E-state index in [1.807, 2.05) is 36.0 Å². The predicted molar refractivity (Wildman–Crippen MR) is 115 cm³/mol. The monoisotopic (exact) mass is 452 g/mol. The smallest absolute Gasteiger partial charge is 0.256 e. The molecular formula is C21H21BrN6O. The van der Waals surface area contributed by atoms with Gasteiger partial charge in [-0.2, -0.15) is 10.2 Å². The molecule has 0 aliphatic rings. The topological polar surface area (TPSA) is 77.1 Å². The van der Waals surface area contributed by atoms with E-state index in [0.717, 1.165) is 34.4 Å². The van der Waals surface area contributed by atoms with Crippen molar-refractivity contribution in [1.29, 1.82) is 0 Å². The number of carbonyl (C=O) groups excluding carboxylic acids is 1. The molecule has 0 unspecified atom stereocenters. The summed E-state index contributed by atoms with van der Waals surface area (Å²) in [7, 11) is 0. The highest BCUT2D eigenvalue weighted by atomic mass is 79.9. The van der Waals surface area contributed by atoms with E-state index < -0.39 is 0 Å². The van der Waals surface area contributed by atoms with Crippen LogP contribution in [0.2, 0.25) is 0 Å². The lowest BCUT2D eigenvalue weighted by Gasteiger charge is -2.06. The highest BCUT2D eigenvalue weighted by molar-refractivity contribution is 9.10. The Bertz CT molecular complexity index is 1140. The van der Waals surface area contributed by atoms with E-state index in [1.165, 1.54) is 5.56 Å². The van der Waals surface area contributed by atoms with Crippen molar-refractivity contribution in [3.05, 3.63) is 70.2 Å². The Morgan fingerprint density at radius 1 is 1.17 bits per heavy atom. The molecule has 4 rings (SSSR count). The van der Waals surface area contributed by atoms with Crippen molar-refractivity contribution in [3.8, 4) is 11.3 Å². The van der Waals surface area contributed by atoms with Gasteiger partial charge in [-0.1, -0.05) is 29.8 Å². The highest BCUT2D eigenvalue weighted by Crippen LogP contribution is 2.21. The molecule has 0 aliphatic heterocycles. The van der Waals surface area contributed by atoms with Gasteiger partial charge in [0.1, 0.15) is 5.56 Å². The predicted octanol–water partition coefficient (Wildman–Crippen LogP) is 3.79. The summed E-state index contributed by atoms with van der Waals surface area (Å²) in [6.45, 7) is 5.28. The third-order valence-electron chi connectivity index (χ3n) is 4.73. The van der Waals surface area contributed by atoms with E-state index in [0.29, 0.717) is 17.8 Å². The fraction of sp³-hybridized carbons (Fsp3) is 0.238. The SMILES string of the molecule is Cc1ccc(-c2ccnc3c(C(=O)NCCCn4cc(Br)c(C)n4)cnn23)cc1. The van der Waals surface area contributed by atoms with Gasteiger partial charge in [-0.15, -0.1) is 0 Å². The van der Waals surface area contributed by atoms with Crippen molar-refractivity contribution in [2.45, 2.75) is 26.8 Å². The van der Waals surface area contributed by atoms with Crippen LogP contribution in [0.3, 0.4) is 0 Å². The Kier molecular flexibility index (Phi) is 5.44. The van der Waals surface area contributed by atoms with Crippen LogP contribution in [0.15, 0.2) is 53.4 Å². The van der Waals surface area contributed by atoms with Gasteiger partial charge in [-0.3, -0.25) is 9.48 Å². The van der Waals surface area contributed by atoms with Crippen LogP contribution in [0.25, 0.3) is 16.9 Å². The minimum Gasteiger partial charge on any atom is -0.352 e. The van der Waals surface area contributed by atoms with Gasteiger partial charge in [0, 0.05) is 31.0 Å². The van der Waals surface area contributed by atoms with Crippen LogP contribution in [-0.4, -0.2) is 36.8 Å².